The van der Waals surface area contributed by atoms with Crippen molar-refractivity contribution in [2.75, 3.05) is 13.6 Å². The minimum atomic E-state index is -0.206. The van der Waals surface area contributed by atoms with Crippen molar-refractivity contribution in [2.24, 2.45) is 0 Å². The molecule has 2 nitrogen and oxygen atoms in total. The number of piperidine rings is 1. The lowest BCUT2D eigenvalue weighted by Gasteiger charge is -2.29. The van der Waals surface area contributed by atoms with Gasteiger partial charge in [-0.1, -0.05) is 6.42 Å². The second-order valence-corrected chi connectivity index (χ2v) is 3.17. The van der Waals surface area contributed by atoms with Gasteiger partial charge in [0.1, 0.15) is 0 Å². The maximum Gasteiger partial charge on any atom is 0.238 e. The smallest absolute Gasteiger partial charge is 0.238 e. The number of halogens is 1. The predicted molar refractivity (Wildman–Crippen MR) is 41.1 cm³/mol. The van der Waals surface area contributed by atoms with Crippen LogP contribution >= 0.6 is 11.6 Å². The molecule has 0 saturated carbocycles. The van der Waals surface area contributed by atoms with E-state index in [1.165, 1.54) is 6.42 Å². The van der Waals surface area contributed by atoms with Gasteiger partial charge in [-0.25, -0.2) is 0 Å². The lowest BCUT2D eigenvalue weighted by Crippen LogP contribution is -2.39. The van der Waals surface area contributed by atoms with Crippen LogP contribution in [0.15, 0.2) is 0 Å². The van der Waals surface area contributed by atoms with Gasteiger partial charge in [0, 0.05) is 0 Å². The number of hydrogen-bond acceptors (Lipinski definition) is 2. The lowest BCUT2D eigenvalue weighted by atomic mass is 10.0. The molecule has 1 atom stereocenters. The molecule has 58 valence electrons. The number of carbonyl (C=O) groups is 1. The average Bonchev–Trinajstić information content (AvgIpc) is 1.88. The molecule has 1 fully saturated rings. The lowest BCUT2D eigenvalue weighted by molar-refractivity contribution is -0.117. The van der Waals surface area contributed by atoms with E-state index in [4.69, 9.17) is 11.6 Å². The minimum Gasteiger partial charge on any atom is -0.296 e. The zero-order valence-electron chi connectivity index (χ0n) is 6.14. The molecule has 0 N–H and O–H groups in total. The van der Waals surface area contributed by atoms with Gasteiger partial charge in [-0.2, -0.15) is 0 Å². The van der Waals surface area contributed by atoms with Crippen LogP contribution in [0.4, 0.5) is 0 Å². The number of hydrogen-bond donors (Lipinski definition) is 0. The van der Waals surface area contributed by atoms with E-state index in [9.17, 15) is 4.79 Å². The number of rotatable bonds is 1. The second kappa shape index (κ2) is 3.35. The Morgan fingerprint density at radius 1 is 1.60 bits per heavy atom. The molecule has 0 amide bonds. The average molecular weight is 162 g/mol. The van der Waals surface area contributed by atoms with Crippen LogP contribution in [0.25, 0.3) is 0 Å². The van der Waals surface area contributed by atoms with Crippen molar-refractivity contribution >= 4 is 16.8 Å². The van der Waals surface area contributed by atoms with Gasteiger partial charge in [-0.3, -0.25) is 9.69 Å². The Hall–Kier alpha value is -0.0800. The van der Waals surface area contributed by atoms with E-state index >= 15 is 0 Å². The summed E-state index contributed by atoms with van der Waals surface area (Å²) in [6, 6.07) is -0.0181. The highest BCUT2D eigenvalue weighted by molar-refractivity contribution is 6.64. The van der Waals surface area contributed by atoms with Gasteiger partial charge in [0.15, 0.2) is 0 Å². The fourth-order valence-electron chi connectivity index (χ4n) is 1.36. The van der Waals surface area contributed by atoms with Crippen LogP contribution in [-0.2, 0) is 4.79 Å². The molecule has 1 unspecified atom stereocenters. The summed E-state index contributed by atoms with van der Waals surface area (Å²) in [7, 11) is 1.95. The van der Waals surface area contributed by atoms with Crippen molar-refractivity contribution in [3.05, 3.63) is 0 Å². The number of carbonyl (C=O) groups excluding carboxylic acids is 1. The number of likely N-dealkylation sites (tertiary alicyclic amines) is 1. The van der Waals surface area contributed by atoms with Gasteiger partial charge in [-0.05, 0) is 38.0 Å². The van der Waals surface area contributed by atoms with Crippen molar-refractivity contribution in [3.8, 4) is 0 Å². The highest BCUT2D eigenvalue weighted by atomic mass is 35.5. The third-order valence-corrected chi connectivity index (χ3v) is 2.28. The summed E-state index contributed by atoms with van der Waals surface area (Å²) < 4.78 is 0. The Balaban J connectivity index is 2.47. The summed E-state index contributed by atoms with van der Waals surface area (Å²) in [4.78, 5) is 12.8. The normalized spacial score (nSPS) is 28.4. The van der Waals surface area contributed by atoms with Gasteiger partial charge >= 0.3 is 0 Å². The van der Waals surface area contributed by atoms with Crippen LogP contribution < -0.4 is 0 Å². The fraction of sp³-hybridized carbons (Fsp3) is 0.857. The highest BCUT2D eigenvalue weighted by Gasteiger charge is 2.23. The van der Waals surface area contributed by atoms with Gasteiger partial charge < -0.3 is 0 Å². The zero-order valence-corrected chi connectivity index (χ0v) is 6.90. The standard InChI is InChI=1S/C7H12ClNO/c1-9-5-3-2-4-6(9)7(8)10/h6H,2-5H2,1H3. The predicted octanol–water partition coefficient (Wildman–Crippen LogP) is 1.24. The molecule has 0 aromatic heterocycles. The SMILES string of the molecule is CN1CCCCC1C(=O)Cl. The molecule has 0 aliphatic carbocycles. The van der Waals surface area contributed by atoms with Crippen LogP contribution in [-0.4, -0.2) is 29.8 Å². The molecule has 10 heavy (non-hydrogen) atoms. The molecular formula is C7H12ClNO. The maximum atomic E-state index is 10.7. The summed E-state index contributed by atoms with van der Waals surface area (Å²) in [5.41, 5.74) is 0. The largest absolute Gasteiger partial charge is 0.296 e. The Morgan fingerprint density at radius 2 is 2.30 bits per heavy atom. The van der Waals surface area contributed by atoms with Crippen molar-refractivity contribution in [1.29, 1.82) is 0 Å². The van der Waals surface area contributed by atoms with Gasteiger partial charge in [0.25, 0.3) is 0 Å². The third kappa shape index (κ3) is 1.70. The summed E-state index contributed by atoms with van der Waals surface area (Å²) >= 11 is 5.37. The molecular weight excluding hydrogens is 150 g/mol. The van der Waals surface area contributed by atoms with Crippen LogP contribution in [0.2, 0.25) is 0 Å². The Kier molecular flexibility index (Phi) is 2.69. The maximum absolute atomic E-state index is 10.7. The first kappa shape index (κ1) is 8.02. The highest BCUT2D eigenvalue weighted by Crippen LogP contribution is 2.16. The first-order valence-corrected chi connectivity index (χ1v) is 3.99. The van der Waals surface area contributed by atoms with E-state index in [0.29, 0.717) is 0 Å². The Morgan fingerprint density at radius 3 is 2.70 bits per heavy atom. The Labute approximate surface area is 66.1 Å². The number of likely N-dealkylation sites (N-methyl/N-ethyl adjacent to an activating group) is 1. The molecule has 1 heterocycles. The molecule has 0 aromatic carbocycles. The van der Waals surface area contributed by atoms with E-state index in [1.54, 1.807) is 0 Å². The minimum absolute atomic E-state index is 0.0181. The first-order valence-electron chi connectivity index (χ1n) is 3.61. The van der Waals surface area contributed by atoms with E-state index in [2.05, 4.69) is 0 Å². The van der Waals surface area contributed by atoms with E-state index in [1.807, 2.05) is 11.9 Å². The first-order chi connectivity index (χ1) is 4.72. The Bertz CT molecular complexity index is 138. The third-order valence-electron chi connectivity index (χ3n) is 2.03. The van der Waals surface area contributed by atoms with E-state index < -0.39 is 0 Å². The molecule has 0 radical (unpaired) electrons. The van der Waals surface area contributed by atoms with Crippen LogP contribution in [0.5, 0.6) is 0 Å². The van der Waals surface area contributed by atoms with Crippen LogP contribution in [0.1, 0.15) is 19.3 Å². The summed E-state index contributed by atoms with van der Waals surface area (Å²) in [6.45, 7) is 1.00. The molecule has 1 aliphatic heterocycles. The topological polar surface area (TPSA) is 20.3 Å². The fourth-order valence-corrected chi connectivity index (χ4v) is 1.64. The van der Waals surface area contributed by atoms with Gasteiger partial charge in [0.05, 0.1) is 6.04 Å². The van der Waals surface area contributed by atoms with Crippen LogP contribution in [0.3, 0.4) is 0 Å². The molecule has 0 aromatic rings. The van der Waals surface area contributed by atoms with Crippen molar-refractivity contribution < 1.29 is 4.79 Å². The summed E-state index contributed by atoms with van der Waals surface area (Å²) in [5, 5.41) is -0.206. The molecule has 1 rings (SSSR count). The molecule has 3 heteroatoms. The van der Waals surface area contributed by atoms with Crippen LogP contribution in [0, 0.1) is 0 Å². The molecule has 1 saturated heterocycles. The van der Waals surface area contributed by atoms with Crippen molar-refractivity contribution in [1.82, 2.24) is 4.90 Å². The summed E-state index contributed by atoms with van der Waals surface area (Å²) in [6.07, 6.45) is 3.25. The van der Waals surface area contributed by atoms with Crippen molar-refractivity contribution in [3.63, 3.8) is 0 Å². The zero-order chi connectivity index (χ0) is 7.56. The summed E-state index contributed by atoms with van der Waals surface area (Å²) in [5.74, 6) is 0. The van der Waals surface area contributed by atoms with Gasteiger partial charge in [0.2, 0.25) is 5.24 Å². The quantitative estimate of drug-likeness (QED) is 0.540. The number of nitrogens with zero attached hydrogens (tertiary/aromatic N) is 1. The molecule has 1 aliphatic rings. The van der Waals surface area contributed by atoms with Crippen molar-refractivity contribution in [2.45, 2.75) is 25.3 Å². The second-order valence-electron chi connectivity index (χ2n) is 2.80. The van der Waals surface area contributed by atoms with E-state index in [0.717, 1.165) is 19.4 Å². The molecule has 0 bridgehead atoms. The van der Waals surface area contributed by atoms with Gasteiger partial charge in [-0.15, -0.1) is 0 Å². The monoisotopic (exact) mass is 161 g/mol. The van der Waals surface area contributed by atoms with E-state index in [-0.39, 0.29) is 11.3 Å². The molecule has 0 spiro atoms.